The maximum atomic E-state index is 14.9. The van der Waals surface area contributed by atoms with Gasteiger partial charge in [0.25, 0.3) is 5.91 Å². The van der Waals surface area contributed by atoms with Crippen molar-refractivity contribution in [2.75, 3.05) is 5.32 Å². The minimum absolute atomic E-state index is 0.0139. The zero-order valence-electron chi connectivity index (χ0n) is 16.4. The van der Waals surface area contributed by atoms with E-state index in [-0.39, 0.29) is 35.1 Å². The summed E-state index contributed by atoms with van der Waals surface area (Å²) in [7, 11) is 0. The van der Waals surface area contributed by atoms with Gasteiger partial charge in [-0.05, 0) is 53.2 Å². The summed E-state index contributed by atoms with van der Waals surface area (Å²) in [6.45, 7) is 1.80. The minimum atomic E-state index is -1.34. The Labute approximate surface area is 188 Å². The summed E-state index contributed by atoms with van der Waals surface area (Å²) in [5, 5.41) is 14.0. The van der Waals surface area contributed by atoms with Crippen LogP contribution in [0.15, 0.2) is 52.3 Å². The molecule has 0 saturated heterocycles. The van der Waals surface area contributed by atoms with Crippen LogP contribution in [0.25, 0.3) is 0 Å². The summed E-state index contributed by atoms with van der Waals surface area (Å²) in [4.78, 5) is 36.0. The van der Waals surface area contributed by atoms with Crippen LogP contribution in [-0.4, -0.2) is 37.5 Å². The monoisotopic (exact) mass is 504 g/mol. The lowest BCUT2D eigenvalue weighted by molar-refractivity contribution is 0.102. The molecule has 1 aliphatic heterocycles. The number of amides is 2. The molecule has 3 heterocycles. The molecule has 0 spiro atoms. The lowest BCUT2D eigenvalue weighted by Gasteiger charge is -2.32. The van der Waals surface area contributed by atoms with Crippen LogP contribution in [0.4, 0.5) is 19.3 Å². The highest BCUT2D eigenvalue weighted by Crippen LogP contribution is 2.35. The molecule has 0 fully saturated rings. The lowest BCUT2D eigenvalue weighted by Crippen LogP contribution is -2.41. The number of hydrogen-bond donors (Lipinski definition) is 3. The predicted octanol–water partition coefficient (Wildman–Crippen LogP) is 3.51. The van der Waals surface area contributed by atoms with Gasteiger partial charge in [-0.3, -0.25) is 15.1 Å². The van der Waals surface area contributed by atoms with Crippen molar-refractivity contribution < 1.29 is 23.5 Å². The normalized spacial score (nSPS) is 17.3. The summed E-state index contributed by atoms with van der Waals surface area (Å²) in [6, 6.07) is 6.28. The van der Waals surface area contributed by atoms with Gasteiger partial charge in [-0.25, -0.2) is 23.5 Å². The zero-order chi connectivity index (χ0) is 23.0. The van der Waals surface area contributed by atoms with E-state index in [2.05, 4.69) is 41.5 Å². The quantitative estimate of drug-likeness (QED) is 0.503. The average Bonchev–Trinajstić information content (AvgIpc) is 3.09. The number of rotatable bonds is 3. The van der Waals surface area contributed by atoms with Crippen molar-refractivity contribution in [3.05, 3.63) is 76.0 Å². The number of aliphatic imine (C=N–C) groups is 1. The Bertz CT molecular complexity index is 1260. The second-order valence-electron chi connectivity index (χ2n) is 7.19. The number of amidine groups is 1. The van der Waals surface area contributed by atoms with Crippen molar-refractivity contribution in [2.24, 2.45) is 4.99 Å². The molecule has 0 bridgehead atoms. The van der Waals surface area contributed by atoms with Gasteiger partial charge in [0, 0.05) is 17.4 Å². The fraction of sp³-hybridized carbons (Fsp3) is 0.150. The van der Waals surface area contributed by atoms with E-state index >= 15 is 0 Å². The molecule has 1 unspecified atom stereocenters. The molecule has 3 aromatic rings. The van der Waals surface area contributed by atoms with E-state index in [1.165, 1.54) is 24.3 Å². The van der Waals surface area contributed by atoms with Crippen LogP contribution in [0, 0.1) is 11.6 Å². The first-order chi connectivity index (χ1) is 15.1. The second kappa shape index (κ2) is 8.11. The van der Waals surface area contributed by atoms with Crippen LogP contribution in [0.2, 0.25) is 0 Å². The molecule has 0 saturated carbocycles. The molecule has 4 rings (SSSR count). The van der Waals surface area contributed by atoms with Crippen molar-refractivity contribution in [3.63, 3.8) is 0 Å². The standard InChI is InChI=1S/C20H15BrF2N6O3/c1-20(9-29-8-15(21)26-17(29)16(28-20)27-19(31)32)12-6-11(3-4-13(12)23)25-18(30)14-5-2-10(22)7-24-14/h2-8H,9H2,1H3,(H,25,30)(H,27,28)(H,31,32). The Morgan fingerprint density at radius 2 is 2.00 bits per heavy atom. The predicted molar refractivity (Wildman–Crippen MR) is 114 cm³/mol. The van der Waals surface area contributed by atoms with Crippen molar-refractivity contribution >= 4 is 39.5 Å². The number of hydrogen-bond acceptors (Lipinski definition) is 5. The van der Waals surface area contributed by atoms with Crippen molar-refractivity contribution in [1.29, 1.82) is 0 Å². The Morgan fingerprint density at radius 1 is 1.22 bits per heavy atom. The van der Waals surface area contributed by atoms with Gasteiger partial charge in [0.1, 0.15) is 27.5 Å². The van der Waals surface area contributed by atoms with Gasteiger partial charge < -0.3 is 15.0 Å². The largest absolute Gasteiger partial charge is 0.465 e. The molecular weight excluding hydrogens is 490 g/mol. The molecule has 12 heteroatoms. The number of pyridine rings is 1. The van der Waals surface area contributed by atoms with E-state index in [1.54, 1.807) is 17.7 Å². The third kappa shape index (κ3) is 4.21. The van der Waals surface area contributed by atoms with E-state index in [4.69, 9.17) is 0 Å². The van der Waals surface area contributed by atoms with Crippen LogP contribution in [0.5, 0.6) is 0 Å². The highest BCUT2D eigenvalue weighted by Gasteiger charge is 2.36. The number of halogens is 3. The fourth-order valence-corrected chi connectivity index (χ4v) is 3.82. The number of fused-ring (bicyclic) bond motifs is 1. The number of aromatic nitrogens is 3. The van der Waals surface area contributed by atoms with Gasteiger partial charge in [0.05, 0.1) is 12.7 Å². The molecular formula is C20H15BrF2N6O3. The molecule has 0 radical (unpaired) electrons. The van der Waals surface area contributed by atoms with E-state index in [0.717, 1.165) is 12.3 Å². The summed E-state index contributed by atoms with van der Waals surface area (Å²) in [6.07, 6.45) is 1.21. The molecule has 2 aromatic heterocycles. The number of anilines is 1. The van der Waals surface area contributed by atoms with Gasteiger partial charge in [-0.1, -0.05) is 0 Å². The summed E-state index contributed by atoms with van der Waals surface area (Å²) in [5.74, 6) is -1.53. The van der Waals surface area contributed by atoms with Crippen LogP contribution in [0.3, 0.4) is 0 Å². The van der Waals surface area contributed by atoms with E-state index in [9.17, 15) is 23.5 Å². The van der Waals surface area contributed by atoms with Gasteiger partial charge in [-0.15, -0.1) is 0 Å². The van der Waals surface area contributed by atoms with Crippen molar-refractivity contribution in [3.8, 4) is 0 Å². The smallest absolute Gasteiger partial charge is 0.410 e. The van der Waals surface area contributed by atoms with Gasteiger partial charge >= 0.3 is 6.09 Å². The molecule has 3 N–H and O–H groups in total. The fourth-order valence-electron chi connectivity index (χ4n) is 3.41. The Hall–Kier alpha value is -3.67. The highest BCUT2D eigenvalue weighted by atomic mass is 79.9. The maximum absolute atomic E-state index is 14.9. The summed E-state index contributed by atoms with van der Waals surface area (Å²) < 4.78 is 30.0. The topological polar surface area (TPSA) is 122 Å². The molecule has 1 aliphatic rings. The van der Waals surface area contributed by atoms with Crippen molar-refractivity contribution in [1.82, 2.24) is 19.9 Å². The van der Waals surface area contributed by atoms with Gasteiger partial charge in [0.2, 0.25) is 0 Å². The molecule has 1 atom stereocenters. The number of carboxylic acid groups (broad SMARTS) is 1. The number of imidazole rings is 1. The Morgan fingerprint density at radius 3 is 2.69 bits per heavy atom. The number of benzene rings is 1. The third-order valence-corrected chi connectivity index (χ3v) is 5.17. The van der Waals surface area contributed by atoms with Crippen molar-refractivity contribution in [2.45, 2.75) is 19.0 Å². The number of nitrogens with zero attached hydrogens (tertiary/aromatic N) is 4. The average molecular weight is 505 g/mol. The first kappa shape index (κ1) is 21.6. The van der Waals surface area contributed by atoms with Crippen LogP contribution >= 0.6 is 15.9 Å². The van der Waals surface area contributed by atoms with Gasteiger partial charge in [0.15, 0.2) is 11.7 Å². The zero-order valence-corrected chi connectivity index (χ0v) is 18.0. The highest BCUT2D eigenvalue weighted by molar-refractivity contribution is 9.10. The van der Waals surface area contributed by atoms with Crippen LogP contribution in [-0.2, 0) is 12.1 Å². The van der Waals surface area contributed by atoms with E-state index < -0.39 is 29.2 Å². The Balaban J connectivity index is 1.70. The Kier molecular flexibility index (Phi) is 5.46. The van der Waals surface area contributed by atoms with Gasteiger partial charge in [-0.2, -0.15) is 0 Å². The number of nitrogens with one attached hydrogen (secondary N) is 2. The van der Waals surface area contributed by atoms with Crippen LogP contribution < -0.4 is 10.6 Å². The summed E-state index contributed by atoms with van der Waals surface area (Å²) in [5.41, 5.74) is -0.842. The lowest BCUT2D eigenvalue weighted by atomic mass is 9.90. The second-order valence-corrected chi connectivity index (χ2v) is 8.00. The molecule has 9 nitrogen and oxygen atoms in total. The van der Waals surface area contributed by atoms with E-state index in [1.807, 2.05) is 0 Å². The molecule has 164 valence electrons. The first-order valence-electron chi connectivity index (χ1n) is 9.20. The third-order valence-electron chi connectivity index (χ3n) is 4.79. The minimum Gasteiger partial charge on any atom is -0.465 e. The SMILES string of the molecule is CC1(c2cc(NC(=O)c3ccc(F)cn3)ccc2F)Cn2cc(Br)nc2C(NC(=O)O)=N1. The molecule has 1 aromatic carbocycles. The molecule has 32 heavy (non-hydrogen) atoms. The first-order valence-corrected chi connectivity index (χ1v) is 10.00. The molecule has 2 amide bonds. The van der Waals surface area contributed by atoms with E-state index in [0.29, 0.717) is 4.60 Å². The number of carbonyl (C=O) groups is 2. The summed E-state index contributed by atoms with van der Waals surface area (Å²) >= 11 is 3.25. The number of carbonyl (C=O) groups excluding carboxylic acids is 1. The maximum Gasteiger partial charge on any atom is 0.410 e. The molecule has 0 aliphatic carbocycles. The van der Waals surface area contributed by atoms with Crippen LogP contribution in [0.1, 0.15) is 28.8 Å².